The van der Waals surface area contributed by atoms with Gasteiger partial charge < -0.3 is 15.4 Å². The van der Waals surface area contributed by atoms with Crippen molar-refractivity contribution in [3.63, 3.8) is 0 Å². The molecular formula is C14H20N2O2. The largest absolute Gasteiger partial charge is 0.496 e. The summed E-state index contributed by atoms with van der Waals surface area (Å²) in [6, 6.07) is 6.01. The highest BCUT2D eigenvalue weighted by Gasteiger charge is 2.22. The number of carbonyl (C=O) groups is 1. The quantitative estimate of drug-likeness (QED) is 0.842. The number of methoxy groups -OCH3 is 1. The van der Waals surface area contributed by atoms with Gasteiger partial charge in [0, 0.05) is 18.7 Å². The molecule has 2 N–H and O–H groups in total. The maximum absolute atomic E-state index is 11.9. The Bertz CT molecular complexity index is 426. The van der Waals surface area contributed by atoms with Crippen molar-refractivity contribution < 1.29 is 9.53 Å². The minimum Gasteiger partial charge on any atom is -0.496 e. The molecule has 98 valence electrons. The second-order valence-corrected chi connectivity index (χ2v) is 4.72. The standard InChI is InChI=1S/C14H20N2O2/c1-10-3-4-11(13(7-10)18-2)9-16-14(17)12-5-6-15-8-12/h3-4,7,12,15H,5-6,8-9H2,1-2H3,(H,16,17). The van der Waals surface area contributed by atoms with Crippen molar-refractivity contribution in [1.29, 1.82) is 0 Å². The molecule has 0 saturated carbocycles. The number of rotatable bonds is 4. The molecular weight excluding hydrogens is 228 g/mol. The van der Waals surface area contributed by atoms with Crippen LogP contribution in [-0.2, 0) is 11.3 Å². The minimum atomic E-state index is 0.112. The van der Waals surface area contributed by atoms with E-state index in [2.05, 4.69) is 10.6 Å². The summed E-state index contributed by atoms with van der Waals surface area (Å²) >= 11 is 0. The number of amides is 1. The Hall–Kier alpha value is -1.55. The Morgan fingerprint density at radius 3 is 3.06 bits per heavy atom. The van der Waals surface area contributed by atoms with Gasteiger partial charge in [0.2, 0.25) is 5.91 Å². The van der Waals surface area contributed by atoms with Crippen molar-refractivity contribution in [2.45, 2.75) is 19.9 Å². The summed E-state index contributed by atoms with van der Waals surface area (Å²) in [7, 11) is 1.65. The summed E-state index contributed by atoms with van der Waals surface area (Å²) in [5.74, 6) is 1.07. The third-order valence-electron chi connectivity index (χ3n) is 3.33. The van der Waals surface area contributed by atoms with Crippen LogP contribution >= 0.6 is 0 Å². The molecule has 1 aliphatic rings. The van der Waals surface area contributed by atoms with Crippen molar-refractivity contribution in [2.24, 2.45) is 5.92 Å². The van der Waals surface area contributed by atoms with Crippen LogP contribution in [0.3, 0.4) is 0 Å². The molecule has 1 amide bonds. The van der Waals surface area contributed by atoms with Gasteiger partial charge in [-0.2, -0.15) is 0 Å². The first-order chi connectivity index (χ1) is 8.70. The van der Waals surface area contributed by atoms with Crippen LogP contribution in [0, 0.1) is 12.8 Å². The Balaban J connectivity index is 1.95. The van der Waals surface area contributed by atoms with E-state index in [4.69, 9.17) is 4.74 Å². The van der Waals surface area contributed by atoms with E-state index < -0.39 is 0 Å². The van der Waals surface area contributed by atoms with Gasteiger partial charge in [0.25, 0.3) is 0 Å². The highest BCUT2D eigenvalue weighted by Crippen LogP contribution is 2.19. The van der Waals surface area contributed by atoms with Crippen LogP contribution in [0.2, 0.25) is 0 Å². The highest BCUT2D eigenvalue weighted by molar-refractivity contribution is 5.79. The van der Waals surface area contributed by atoms with Crippen LogP contribution in [0.25, 0.3) is 0 Å². The molecule has 1 saturated heterocycles. The summed E-state index contributed by atoms with van der Waals surface area (Å²) in [5.41, 5.74) is 2.17. The summed E-state index contributed by atoms with van der Waals surface area (Å²) in [6.07, 6.45) is 0.927. The van der Waals surface area contributed by atoms with Crippen LogP contribution in [0.5, 0.6) is 5.75 Å². The number of nitrogens with one attached hydrogen (secondary N) is 2. The van der Waals surface area contributed by atoms with Crippen molar-refractivity contribution in [3.05, 3.63) is 29.3 Å². The third-order valence-corrected chi connectivity index (χ3v) is 3.33. The van der Waals surface area contributed by atoms with Crippen molar-refractivity contribution in [1.82, 2.24) is 10.6 Å². The predicted molar refractivity (Wildman–Crippen MR) is 70.6 cm³/mol. The lowest BCUT2D eigenvalue weighted by molar-refractivity contribution is -0.124. The van der Waals surface area contributed by atoms with Gasteiger partial charge in [-0.15, -0.1) is 0 Å². The number of hydrogen-bond donors (Lipinski definition) is 2. The summed E-state index contributed by atoms with van der Waals surface area (Å²) in [6.45, 7) is 4.27. The average molecular weight is 248 g/mol. The zero-order valence-corrected chi connectivity index (χ0v) is 11.0. The Morgan fingerprint density at radius 1 is 1.56 bits per heavy atom. The summed E-state index contributed by atoms with van der Waals surface area (Å²) in [5, 5.41) is 6.17. The molecule has 1 atom stereocenters. The lowest BCUT2D eigenvalue weighted by Gasteiger charge is -2.12. The fourth-order valence-corrected chi connectivity index (χ4v) is 2.20. The maximum Gasteiger partial charge on any atom is 0.224 e. The van der Waals surface area contributed by atoms with Gasteiger partial charge >= 0.3 is 0 Å². The molecule has 4 nitrogen and oxygen atoms in total. The molecule has 1 aliphatic heterocycles. The average Bonchev–Trinajstić information content (AvgIpc) is 2.90. The van der Waals surface area contributed by atoms with Gasteiger partial charge in [-0.05, 0) is 31.5 Å². The molecule has 0 aliphatic carbocycles. The second kappa shape index (κ2) is 5.87. The zero-order valence-electron chi connectivity index (χ0n) is 11.0. The van der Waals surface area contributed by atoms with E-state index in [1.54, 1.807) is 7.11 Å². The first kappa shape index (κ1) is 12.9. The number of carbonyl (C=O) groups excluding carboxylic acids is 1. The minimum absolute atomic E-state index is 0.112. The molecule has 1 heterocycles. The molecule has 1 fully saturated rings. The fraction of sp³-hybridized carbons (Fsp3) is 0.500. The van der Waals surface area contributed by atoms with Gasteiger partial charge in [-0.3, -0.25) is 4.79 Å². The molecule has 0 aromatic heterocycles. The lowest BCUT2D eigenvalue weighted by atomic mass is 10.1. The second-order valence-electron chi connectivity index (χ2n) is 4.72. The normalized spacial score (nSPS) is 18.7. The Labute approximate surface area is 108 Å². The van der Waals surface area contributed by atoms with Gasteiger partial charge in [-0.25, -0.2) is 0 Å². The van der Waals surface area contributed by atoms with Crippen LogP contribution in [0.15, 0.2) is 18.2 Å². The molecule has 0 radical (unpaired) electrons. The van der Waals surface area contributed by atoms with E-state index >= 15 is 0 Å². The van der Waals surface area contributed by atoms with E-state index in [1.807, 2.05) is 25.1 Å². The van der Waals surface area contributed by atoms with Crippen molar-refractivity contribution in [3.8, 4) is 5.75 Å². The first-order valence-corrected chi connectivity index (χ1v) is 6.32. The smallest absolute Gasteiger partial charge is 0.224 e. The van der Waals surface area contributed by atoms with Crippen LogP contribution in [0.4, 0.5) is 0 Å². The summed E-state index contributed by atoms with van der Waals surface area (Å²) < 4.78 is 5.32. The Kier molecular flexibility index (Phi) is 4.20. The summed E-state index contributed by atoms with van der Waals surface area (Å²) in [4.78, 5) is 11.9. The fourth-order valence-electron chi connectivity index (χ4n) is 2.20. The lowest BCUT2D eigenvalue weighted by Crippen LogP contribution is -2.31. The molecule has 0 bridgehead atoms. The monoisotopic (exact) mass is 248 g/mol. The maximum atomic E-state index is 11.9. The molecule has 1 aromatic rings. The highest BCUT2D eigenvalue weighted by atomic mass is 16.5. The molecule has 1 unspecified atom stereocenters. The van der Waals surface area contributed by atoms with Crippen LogP contribution in [0.1, 0.15) is 17.5 Å². The van der Waals surface area contributed by atoms with Gasteiger partial charge in [0.15, 0.2) is 0 Å². The third kappa shape index (κ3) is 3.01. The predicted octanol–water partition coefficient (Wildman–Crippen LogP) is 1.23. The van der Waals surface area contributed by atoms with Crippen molar-refractivity contribution >= 4 is 5.91 Å². The van der Waals surface area contributed by atoms with Crippen LogP contribution in [-0.4, -0.2) is 26.1 Å². The van der Waals surface area contributed by atoms with Crippen molar-refractivity contribution in [2.75, 3.05) is 20.2 Å². The SMILES string of the molecule is COc1cc(C)ccc1CNC(=O)C1CCNC1. The molecule has 4 heteroatoms. The van der Waals surface area contributed by atoms with Crippen LogP contribution < -0.4 is 15.4 Å². The van der Waals surface area contributed by atoms with E-state index in [9.17, 15) is 4.79 Å². The topological polar surface area (TPSA) is 50.4 Å². The Morgan fingerprint density at radius 2 is 2.39 bits per heavy atom. The van der Waals surface area contributed by atoms with E-state index in [-0.39, 0.29) is 11.8 Å². The molecule has 18 heavy (non-hydrogen) atoms. The van der Waals surface area contributed by atoms with Gasteiger partial charge in [0.1, 0.15) is 5.75 Å². The zero-order chi connectivity index (χ0) is 13.0. The van der Waals surface area contributed by atoms with E-state index in [0.717, 1.165) is 36.4 Å². The molecule has 0 spiro atoms. The van der Waals surface area contributed by atoms with Gasteiger partial charge in [-0.1, -0.05) is 12.1 Å². The van der Waals surface area contributed by atoms with E-state index in [0.29, 0.717) is 6.54 Å². The number of hydrogen-bond acceptors (Lipinski definition) is 3. The van der Waals surface area contributed by atoms with E-state index in [1.165, 1.54) is 0 Å². The number of aryl methyl sites for hydroxylation is 1. The molecule has 2 rings (SSSR count). The number of benzene rings is 1. The first-order valence-electron chi connectivity index (χ1n) is 6.32. The van der Waals surface area contributed by atoms with Gasteiger partial charge in [0.05, 0.1) is 13.0 Å². The number of ether oxygens (including phenoxy) is 1. The molecule has 1 aromatic carbocycles.